The summed E-state index contributed by atoms with van der Waals surface area (Å²) >= 11 is 0. The molecular formula is C23H27N2O3P. The van der Waals surface area contributed by atoms with Crippen molar-refractivity contribution in [3.05, 3.63) is 65.2 Å². The molecule has 6 heteroatoms. The third kappa shape index (κ3) is 5.83. The first-order chi connectivity index (χ1) is 14.1. The lowest BCUT2D eigenvalue weighted by Crippen LogP contribution is -2.38. The average Bonchev–Trinajstić information content (AvgIpc) is 2.93. The Kier molecular flexibility index (Phi) is 7.70. The van der Waals surface area contributed by atoms with Gasteiger partial charge in [0.25, 0.3) is 0 Å². The lowest BCUT2D eigenvalue weighted by Gasteiger charge is -2.33. The molecule has 2 heterocycles. The van der Waals surface area contributed by atoms with E-state index in [2.05, 4.69) is 50.3 Å². The molecule has 0 bridgehead atoms. The maximum absolute atomic E-state index is 10.2. The Labute approximate surface area is 174 Å². The van der Waals surface area contributed by atoms with Gasteiger partial charge in [0.1, 0.15) is 12.0 Å². The van der Waals surface area contributed by atoms with Gasteiger partial charge in [0, 0.05) is 24.9 Å². The SMILES string of the molecule is CC1=CC(N2CCOCC2)c2ccc(P)cc2N=C1.COc1ccc(C=O)cc1. The van der Waals surface area contributed by atoms with Gasteiger partial charge in [-0.2, -0.15) is 0 Å². The minimum absolute atomic E-state index is 0.312. The van der Waals surface area contributed by atoms with E-state index in [1.165, 1.54) is 16.4 Å². The summed E-state index contributed by atoms with van der Waals surface area (Å²) in [7, 11) is 4.33. The Morgan fingerprint density at radius 3 is 2.55 bits per heavy atom. The third-order valence-electron chi connectivity index (χ3n) is 4.89. The summed E-state index contributed by atoms with van der Waals surface area (Å²) in [5.41, 5.74) is 4.26. The van der Waals surface area contributed by atoms with Crippen LogP contribution in [0.3, 0.4) is 0 Å². The van der Waals surface area contributed by atoms with Crippen LogP contribution in [0.1, 0.15) is 28.9 Å². The van der Waals surface area contributed by atoms with E-state index in [1.54, 1.807) is 31.4 Å². The summed E-state index contributed by atoms with van der Waals surface area (Å²) in [5, 5.41) is 1.18. The highest BCUT2D eigenvalue weighted by atomic mass is 31.0. The number of aliphatic imine (C=N–C) groups is 1. The van der Waals surface area contributed by atoms with Crippen molar-refractivity contribution in [3.63, 3.8) is 0 Å². The van der Waals surface area contributed by atoms with Crippen molar-refractivity contribution in [2.75, 3.05) is 33.4 Å². The number of rotatable bonds is 3. The van der Waals surface area contributed by atoms with Crippen molar-refractivity contribution in [1.82, 2.24) is 4.90 Å². The number of hydrogen-bond donors (Lipinski definition) is 0. The summed E-state index contributed by atoms with van der Waals surface area (Å²) in [6.07, 6.45) is 5.08. The van der Waals surface area contributed by atoms with Crippen molar-refractivity contribution in [3.8, 4) is 5.75 Å². The van der Waals surface area contributed by atoms with E-state index in [4.69, 9.17) is 9.47 Å². The van der Waals surface area contributed by atoms with Gasteiger partial charge in [0.15, 0.2) is 0 Å². The zero-order valence-corrected chi connectivity index (χ0v) is 18.0. The van der Waals surface area contributed by atoms with E-state index in [0.29, 0.717) is 11.6 Å². The molecule has 2 aliphatic heterocycles. The summed E-state index contributed by atoms with van der Waals surface area (Å²) in [6, 6.07) is 13.7. The molecule has 4 rings (SSSR count). The number of aldehydes is 1. The maximum atomic E-state index is 10.2. The van der Waals surface area contributed by atoms with Crippen LogP contribution in [0.15, 0.2) is 59.1 Å². The van der Waals surface area contributed by atoms with Gasteiger partial charge in [-0.15, -0.1) is 9.24 Å². The lowest BCUT2D eigenvalue weighted by atomic mass is 10.0. The van der Waals surface area contributed by atoms with E-state index in [9.17, 15) is 4.79 Å². The van der Waals surface area contributed by atoms with Gasteiger partial charge in [-0.1, -0.05) is 18.2 Å². The van der Waals surface area contributed by atoms with Crippen molar-refractivity contribution in [1.29, 1.82) is 0 Å². The van der Waals surface area contributed by atoms with Crippen LogP contribution in [0.5, 0.6) is 5.75 Å². The molecular weight excluding hydrogens is 383 g/mol. The van der Waals surface area contributed by atoms with Gasteiger partial charge in [0.2, 0.25) is 0 Å². The highest BCUT2D eigenvalue weighted by molar-refractivity contribution is 7.27. The molecule has 2 atom stereocenters. The molecule has 152 valence electrons. The van der Waals surface area contributed by atoms with Crippen LogP contribution in [0.25, 0.3) is 0 Å². The molecule has 2 aromatic rings. The van der Waals surface area contributed by atoms with Crippen molar-refractivity contribution < 1.29 is 14.3 Å². The van der Waals surface area contributed by atoms with Crippen LogP contribution in [0, 0.1) is 0 Å². The number of hydrogen-bond acceptors (Lipinski definition) is 5. The van der Waals surface area contributed by atoms with Crippen molar-refractivity contribution in [2.45, 2.75) is 13.0 Å². The summed E-state index contributed by atoms with van der Waals surface area (Å²) in [4.78, 5) is 17.2. The molecule has 1 saturated heterocycles. The number of methoxy groups -OCH3 is 1. The molecule has 0 aliphatic carbocycles. The Morgan fingerprint density at radius 1 is 1.17 bits per heavy atom. The van der Waals surface area contributed by atoms with Crippen molar-refractivity contribution >= 4 is 32.7 Å². The van der Waals surface area contributed by atoms with Crippen LogP contribution in [-0.2, 0) is 4.74 Å². The molecule has 2 aliphatic rings. The third-order valence-corrected chi connectivity index (χ3v) is 5.25. The summed E-state index contributed by atoms with van der Waals surface area (Å²) in [5.74, 6) is 0.769. The predicted octanol–water partition coefficient (Wildman–Crippen LogP) is 3.73. The number of allylic oxidation sites excluding steroid dienone is 1. The predicted molar refractivity (Wildman–Crippen MR) is 121 cm³/mol. The van der Waals surface area contributed by atoms with Crippen LogP contribution in [-0.4, -0.2) is 50.8 Å². The second kappa shape index (κ2) is 10.4. The van der Waals surface area contributed by atoms with E-state index < -0.39 is 0 Å². The first-order valence-electron chi connectivity index (χ1n) is 9.63. The average molecular weight is 410 g/mol. The highest BCUT2D eigenvalue weighted by Gasteiger charge is 2.24. The van der Waals surface area contributed by atoms with Crippen LogP contribution >= 0.6 is 9.24 Å². The highest BCUT2D eigenvalue weighted by Crippen LogP contribution is 2.33. The fourth-order valence-corrected chi connectivity index (χ4v) is 3.57. The Bertz CT molecular complexity index is 887. The van der Waals surface area contributed by atoms with Crippen LogP contribution in [0.2, 0.25) is 0 Å². The van der Waals surface area contributed by atoms with E-state index in [-0.39, 0.29) is 0 Å². The number of benzene rings is 2. The zero-order chi connectivity index (χ0) is 20.6. The summed E-state index contributed by atoms with van der Waals surface area (Å²) in [6.45, 7) is 5.72. The Balaban J connectivity index is 0.000000204. The number of carbonyl (C=O) groups excluding carboxylic acids is 1. The number of carbonyl (C=O) groups is 1. The molecule has 29 heavy (non-hydrogen) atoms. The number of fused-ring (bicyclic) bond motifs is 1. The number of ether oxygens (including phenoxy) is 2. The molecule has 1 fully saturated rings. The largest absolute Gasteiger partial charge is 0.497 e. The lowest BCUT2D eigenvalue weighted by molar-refractivity contribution is 0.0253. The normalized spacial score (nSPS) is 18.6. The number of nitrogens with zero attached hydrogens (tertiary/aromatic N) is 2. The fourth-order valence-electron chi connectivity index (χ4n) is 3.32. The van der Waals surface area contributed by atoms with Crippen molar-refractivity contribution in [2.24, 2.45) is 4.99 Å². The monoisotopic (exact) mass is 410 g/mol. The van der Waals surface area contributed by atoms with E-state index in [1.807, 2.05) is 6.21 Å². The zero-order valence-electron chi connectivity index (χ0n) is 16.9. The topological polar surface area (TPSA) is 51.1 Å². The van der Waals surface area contributed by atoms with E-state index in [0.717, 1.165) is 44.0 Å². The first kappa shape index (κ1) is 21.4. The molecule has 2 aromatic carbocycles. The maximum Gasteiger partial charge on any atom is 0.150 e. The molecule has 0 radical (unpaired) electrons. The summed E-state index contributed by atoms with van der Waals surface area (Å²) < 4.78 is 10.4. The Morgan fingerprint density at radius 2 is 1.90 bits per heavy atom. The minimum Gasteiger partial charge on any atom is -0.497 e. The van der Waals surface area contributed by atoms with Gasteiger partial charge >= 0.3 is 0 Å². The van der Waals surface area contributed by atoms with Crippen LogP contribution < -0.4 is 10.0 Å². The van der Waals surface area contributed by atoms with E-state index >= 15 is 0 Å². The standard InChI is InChI=1S/C15H19N2OP.C8H8O2/c1-11-8-15(17-4-6-18-7-5-17)13-3-2-12(19)9-14(13)16-10-11;1-10-8-4-2-7(6-9)3-5-8/h2-3,8-10,15H,4-7,19H2,1H3;2-6H,1H3. The van der Waals surface area contributed by atoms with Gasteiger partial charge in [-0.3, -0.25) is 14.7 Å². The second-order valence-corrected chi connectivity index (χ2v) is 7.64. The molecule has 0 amide bonds. The smallest absolute Gasteiger partial charge is 0.150 e. The molecule has 2 unspecified atom stereocenters. The Hall–Kier alpha value is -2.33. The first-order valence-corrected chi connectivity index (χ1v) is 10.2. The van der Waals surface area contributed by atoms with Crippen LogP contribution in [0.4, 0.5) is 5.69 Å². The van der Waals surface area contributed by atoms with Gasteiger partial charge in [-0.25, -0.2) is 0 Å². The molecule has 0 N–H and O–H groups in total. The fraction of sp³-hybridized carbons (Fsp3) is 0.304. The molecule has 0 aromatic heterocycles. The van der Waals surface area contributed by atoms with Gasteiger partial charge in [-0.05, 0) is 53.7 Å². The second-order valence-electron chi connectivity index (χ2n) is 6.97. The molecule has 0 saturated carbocycles. The van der Waals surface area contributed by atoms with Gasteiger partial charge in [0.05, 0.1) is 32.1 Å². The number of morpholine rings is 1. The quantitative estimate of drug-likeness (QED) is 0.572. The minimum atomic E-state index is 0.312. The molecule has 0 spiro atoms. The molecule has 5 nitrogen and oxygen atoms in total. The van der Waals surface area contributed by atoms with Gasteiger partial charge < -0.3 is 9.47 Å².